The number of nitrogens with two attached hydrogens (primary N) is 1. The van der Waals surface area contributed by atoms with Crippen LogP contribution in [0.5, 0.6) is 6.01 Å². The molecule has 0 aliphatic carbocycles. The van der Waals surface area contributed by atoms with Crippen molar-refractivity contribution < 1.29 is 13.9 Å². The molecule has 2 aliphatic rings. The lowest BCUT2D eigenvalue weighted by Gasteiger charge is -2.38. The van der Waals surface area contributed by atoms with Gasteiger partial charge in [-0.15, -0.1) is 0 Å². The minimum atomic E-state index is -0.821. The van der Waals surface area contributed by atoms with Crippen molar-refractivity contribution in [3.8, 4) is 17.9 Å². The third-order valence-electron chi connectivity index (χ3n) is 6.99. The number of carbonyl (C=O) groups is 1. The normalized spacial score (nSPS) is 15.4. The maximum atomic E-state index is 12.3. The number of benzene rings is 1. The van der Waals surface area contributed by atoms with Gasteiger partial charge < -0.3 is 24.9 Å². The summed E-state index contributed by atoms with van der Waals surface area (Å²) < 4.78 is 17.8. The molecule has 0 bridgehead atoms. The molecular formula is C27H34FN7O2. The van der Waals surface area contributed by atoms with Crippen LogP contribution in [0, 0.1) is 25.7 Å². The second kappa shape index (κ2) is 11.5. The number of amides is 1. The summed E-state index contributed by atoms with van der Waals surface area (Å²) in [4.78, 5) is 27.8. The molecule has 1 amide bonds. The van der Waals surface area contributed by atoms with E-state index in [2.05, 4.69) is 53.1 Å². The van der Waals surface area contributed by atoms with E-state index >= 15 is 0 Å². The minimum Gasteiger partial charge on any atom is -0.467 e. The quantitative estimate of drug-likeness (QED) is 0.362. The first kappa shape index (κ1) is 26.2. The molecule has 1 fully saturated rings. The van der Waals surface area contributed by atoms with E-state index in [4.69, 9.17) is 20.5 Å². The van der Waals surface area contributed by atoms with Crippen molar-refractivity contribution in [2.75, 3.05) is 61.7 Å². The van der Waals surface area contributed by atoms with Crippen LogP contribution in [0.25, 0.3) is 6.08 Å². The second-order valence-electron chi connectivity index (χ2n) is 9.12. The lowest BCUT2D eigenvalue weighted by molar-refractivity contribution is -0.125. The second-order valence-corrected chi connectivity index (χ2v) is 9.12. The zero-order valence-electron chi connectivity index (χ0n) is 21.9. The summed E-state index contributed by atoms with van der Waals surface area (Å²) in [7, 11) is 1.57. The molecule has 2 aliphatic heterocycles. The number of nitrogens with one attached hydrogen (secondary N) is 1. The fourth-order valence-corrected chi connectivity index (χ4v) is 5.02. The predicted octanol–water partition coefficient (Wildman–Crippen LogP) is 2.60. The number of carbonyl (C=O) groups excluding carboxylic acids is 1. The SMILES string of the molecule is C/C=C/c1c(NN)cc(C)c(C)c1N1CCc2c(nc(OC)nc2N2CCN(C(=O)C#CCF)CC2)C1. The van der Waals surface area contributed by atoms with E-state index in [0.717, 1.165) is 52.5 Å². The highest BCUT2D eigenvalue weighted by molar-refractivity contribution is 5.93. The van der Waals surface area contributed by atoms with Gasteiger partial charge in [-0.25, -0.2) is 4.39 Å². The Morgan fingerprint density at radius 2 is 1.97 bits per heavy atom. The van der Waals surface area contributed by atoms with E-state index in [-0.39, 0.29) is 5.91 Å². The lowest BCUT2D eigenvalue weighted by atomic mass is 9.96. The van der Waals surface area contributed by atoms with Crippen LogP contribution in [0.15, 0.2) is 12.1 Å². The van der Waals surface area contributed by atoms with Gasteiger partial charge in [0.25, 0.3) is 5.91 Å². The number of hydrogen-bond donors (Lipinski definition) is 2. The third kappa shape index (κ3) is 5.32. The van der Waals surface area contributed by atoms with Gasteiger partial charge >= 0.3 is 6.01 Å². The molecule has 1 aromatic heterocycles. The van der Waals surface area contributed by atoms with Crippen LogP contribution in [0.4, 0.5) is 21.6 Å². The van der Waals surface area contributed by atoms with Gasteiger partial charge in [-0.2, -0.15) is 9.97 Å². The number of nitrogens with zero attached hydrogens (tertiary/aromatic N) is 5. The van der Waals surface area contributed by atoms with Crippen LogP contribution >= 0.6 is 0 Å². The summed E-state index contributed by atoms with van der Waals surface area (Å²) in [5.41, 5.74) is 10.3. The van der Waals surface area contributed by atoms with E-state index in [1.807, 2.05) is 13.0 Å². The Morgan fingerprint density at radius 3 is 2.62 bits per heavy atom. The van der Waals surface area contributed by atoms with Crippen molar-refractivity contribution in [1.29, 1.82) is 0 Å². The van der Waals surface area contributed by atoms with Crippen molar-refractivity contribution in [2.45, 2.75) is 33.7 Å². The maximum Gasteiger partial charge on any atom is 0.318 e. The van der Waals surface area contributed by atoms with E-state index in [9.17, 15) is 9.18 Å². The average molecular weight is 508 g/mol. The monoisotopic (exact) mass is 507 g/mol. The van der Waals surface area contributed by atoms with Gasteiger partial charge in [0, 0.05) is 49.5 Å². The first-order chi connectivity index (χ1) is 17.9. The van der Waals surface area contributed by atoms with Crippen molar-refractivity contribution in [3.63, 3.8) is 0 Å². The zero-order valence-corrected chi connectivity index (χ0v) is 21.9. The molecule has 0 radical (unpaired) electrons. The number of allylic oxidation sites excluding steroid dienone is 1. The molecule has 4 rings (SSSR count). The molecule has 1 saturated heterocycles. The number of ether oxygens (including phenoxy) is 1. The van der Waals surface area contributed by atoms with Gasteiger partial charge in [0.15, 0.2) is 6.67 Å². The highest BCUT2D eigenvalue weighted by Crippen LogP contribution is 2.38. The molecule has 9 nitrogen and oxygen atoms in total. The van der Waals surface area contributed by atoms with Gasteiger partial charge in [0.2, 0.25) is 0 Å². The maximum absolute atomic E-state index is 12.3. The molecule has 37 heavy (non-hydrogen) atoms. The summed E-state index contributed by atoms with van der Waals surface area (Å²) in [6.45, 7) is 9.01. The molecule has 10 heteroatoms. The zero-order chi connectivity index (χ0) is 26.5. The van der Waals surface area contributed by atoms with Crippen LogP contribution in [-0.4, -0.2) is 67.3 Å². The van der Waals surface area contributed by atoms with E-state index < -0.39 is 6.67 Å². The molecule has 3 heterocycles. The highest BCUT2D eigenvalue weighted by atomic mass is 19.1. The Balaban J connectivity index is 1.64. The largest absolute Gasteiger partial charge is 0.467 e. The predicted molar refractivity (Wildman–Crippen MR) is 144 cm³/mol. The molecular weight excluding hydrogens is 473 g/mol. The fraction of sp³-hybridized carbons (Fsp3) is 0.444. The molecule has 1 aromatic carbocycles. The standard InChI is InChI=1S/C27H34FN7O2/c1-5-7-20-22(32-29)16-18(2)19(3)25(20)35-11-9-21-23(17-35)30-27(37-4)31-26(21)34-14-12-33(13-15-34)24(36)8-6-10-28/h5,7,16,32H,9-15,17,29H2,1-4H3/b7-5+. The molecule has 0 atom stereocenters. The Morgan fingerprint density at radius 1 is 1.22 bits per heavy atom. The van der Waals surface area contributed by atoms with Crippen LogP contribution in [0.3, 0.4) is 0 Å². The molecule has 0 unspecified atom stereocenters. The molecule has 0 spiro atoms. The van der Waals surface area contributed by atoms with Crippen molar-refractivity contribution >= 4 is 29.2 Å². The number of anilines is 3. The number of piperazine rings is 1. The van der Waals surface area contributed by atoms with Crippen LogP contribution in [0.2, 0.25) is 0 Å². The number of hydrazine groups is 1. The summed E-state index contributed by atoms with van der Waals surface area (Å²) in [5, 5.41) is 0. The van der Waals surface area contributed by atoms with Gasteiger partial charge in [0.05, 0.1) is 25.0 Å². The van der Waals surface area contributed by atoms with Gasteiger partial charge in [-0.05, 0) is 50.3 Å². The molecule has 2 aromatic rings. The summed E-state index contributed by atoms with van der Waals surface area (Å²) in [5.74, 6) is 10.9. The average Bonchev–Trinajstić information content (AvgIpc) is 2.92. The van der Waals surface area contributed by atoms with Crippen LogP contribution in [0.1, 0.15) is 34.9 Å². The van der Waals surface area contributed by atoms with E-state index in [0.29, 0.717) is 38.7 Å². The van der Waals surface area contributed by atoms with E-state index in [1.54, 1.807) is 12.0 Å². The number of halogens is 1. The fourth-order valence-electron chi connectivity index (χ4n) is 5.02. The first-order valence-corrected chi connectivity index (χ1v) is 12.4. The Hall–Kier alpha value is -3.84. The summed E-state index contributed by atoms with van der Waals surface area (Å²) in [6, 6.07) is 2.39. The summed E-state index contributed by atoms with van der Waals surface area (Å²) >= 11 is 0. The first-order valence-electron chi connectivity index (χ1n) is 12.4. The van der Waals surface area contributed by atoms with Gasteiger partial charge in [-0.1, -0.05) is 18.1 Å². The number of aromatic nitrogens is 2. The Labute approximate surface area is 217 Å². The van der Waals surface area contributed by atoms with Gasteiger partial charge in [-0.3, -0.25) is 10.6 Å². The number of hydrogen-bond acceptors (Lipinski definition) is 8. The summed E-state index contributed by atoms with van der Waals surface area (Å²) in [6.07, 6.45) is 4.87. The van der Waals surface area contributed by atoms with Crippen LogP contribution < -0.4 is 25.8 Å². The number of fused-ring (bicyclic) bond motifs is 1. The third-order valence-corrected chi connectivity index (χ3v) is 6.99. The lowest BCUT2D eigenvalue weighted by Crippen LogP contribution is -2.49. The topological polar surface area (TPSA) is 99.8 Å². The molecule has 196 valence electrons. The molecule has 3 N–H and O–H groups in total. The van der Waals surface area contributed by atoms with Crippen molar-refractivity contribution in [3.05, 3.63) is 40.1 Å². The minimum absolute atomic E-state index is 0.321. The number of methoxy groups -OCH3 is 1. The Kier molecular flexibility index (Phi) is 8.14. The molecule has 0 saturated carbocycles. The van der Waals surface area contributed by atoms with Gasteiger partial charge in [0.1, 0.15) is 5.82 Å². The van der Waals surface area contributed by atoms with Crippen molar-refractivity contribution in [1.82, 2.24) is 14.9 Å². The van der Waals surface area contributed by atoms with Crippen molar-refractivity contribution in [2.24, 2.45) is 5.84 Å². The number of rotatable bonds is 5. The Bertz CT molecular complexity index is 1260. The number of nitrogen functional groups attached to an aromatic ring is 1. The number of alkyl halides is 1. The van der Waals surface area contributed by atoms with Crippen LogP contribution in [-0.2, 0) is 17.8 Å². The smallest absolute Gasteiger partial charge is 0.318 e. The van der Waals surface area contributed by atoms with E-state index in [1.165, 1.54) is 5.56 Å². The number of aryl methyl sites for hydroxylation is 1. The highest BCUT2D eigenvalue weighted by Gasteiger charge is 2.30.